The van der Waals surface area contributed by atoms with Crippen LogP contribution < -0.4 is 15.0 Å². The number of amides is 2. The number of rotatable bonds is 10. The highest BCUT2D eigenvalue weighted by Crippen LogP contribution is 2.35. The smallest absolute Gasteiger partial charge is 0.325 e. The highest BCUT2D eigenvalue weighted by molar-refractivity contribution is 6.31. The number of esters is 1. The quantitative estimate of drug-likeness (QED) is 0.122. The molecule has 2 amide bonds. The zero-order valence-electron chi connectivity index (χ0n) is 22.1. The van der Waals surface area contributed by atoms with E-state index in [9.17, 15) is 24.5 Å². The zero-order chi connectivity index (χ0) is 29.5. The molecular formula is C29H25ClN4O7. The van der Waals surface area contributed by atoms with Crippen LogP contribution in [0.5, 0.6) is 5.75 Å². The third kappa shape index (κ3) is 6.59. The number of pyridine rings is 1. The van der Waals surface area contributed by atoms with E-state index in [1.165, 1.54) is 36.3 Å². The molecule has 0 aliphatic heterocycles. The molecule has 41 heavy (non-hydrogen) atoms. The number of carbonyl (C=O) groups is 3. The van der Waals surface area contributed by atoms with Crippen molar-refractivity contribution in [3.63, 3.8) is 0 Å². The van der Waals surface area contributed by atoms with Gasteiger partial charge in [-0.3, -0.25) is 29.4 Å². The molecule has 0 spiro atoms. The Balaban J connectivity index is 1.89. The number of hydrogen-bond acceptors (Lipinski definition) is 8. The molecule has 210 valence electrons. The van der Waals surface area contributed by atoms with Crippen molar-refractivity contribution in [3.05, 3.63) is 105 Å². The van der Waals surface area contributed by atoms with Crippen LogP contribution in [0.3, 0.4) is 0 Å². The topological polar surface area (TPSA) is 141 Å². The number of hydrogen-bond donors (Lipinski definition) is 1. The number of anilines is 1. The second-order valence-corrected chi connectivity index (χ2v) is 9.02. The van der Waals surface area contributed by atoms with Gasteiger partial charge in [0.15, 0.2) is 0 Å². The largest absolute Gasteiger partial charge is 0.497 e. The number of nitro benzene ring substituents is 1. The van der Waals surface area contributed by atoms with E-state index >= 15 is 0 Å². The molecule has 1 aromatic heterocycles. The third-order valence-electron chi connectivity index (χ3n) is 6.11. The standard InChI is InChI=1S/C29H25ClN4O7/c1-3-41-25(35)17-31-28(36)26(23-16-19-6-4-5-7-24(19)32-27(23)30)33(20-12-14-22(40-2)15-13-20)29(37)18-8-10-21(11-9-18)34(38)39/h4-16,26H,3,17H2,1-2H3,(H,31,36). The first-order valence-electron chi connectivity index (χ1n) is 12.4. The molecule has 12 heteroatoms. The maximum absolute atomic E-state index is 14.1. The molecule has 1 unspecified atom stereocenters. The molecule has 0 aliphatic rings. The van der Waals surface area contributed by atoms with Crippen LogP contribution >= 0.6 is 11.6 Å². The molecular weight excluding hydrogens is 552 g/mol. The first-order chi connectivity index (χ1) is 19.7. The molecule has 11 nitrogen and oxygen atoms in total. The molecule has 0 bridgehead atoms. The summed E-state index contributed by atoms with van der Waals surface area (Å²) in [7, 11) is 1.49. The SMILES string of the molecule is CCOC(=O)CNC(=O)C(c1cc2ccccc2nc1Cl)N(C(=O)c1ccc([N+](=O)[O-])cc1)c1ccc(OC)cc1. The molecule has 4 rings (SSSR count). The van der Waals surface area contributed by atoms with Crippen molar-refractivity contribution in [2.24, 2.45) is 0 Å². The Labute approximate surface area is 239 Å². The highest BCUT2D eigenvalue weighted by atomic mass is 35.5. The van der Waals surface area contributed by atoms with Gasteiger partial charge in [-0.15, -0.1) is 0 Å². The number of nitro groups is 1. The first-order valence-corrected chi connectivity index (χ1v) is 12.8. The summed E-state index contributed by atoms with van der Waals surface area (Å²) in [5.41, 5.74) is 0.916. The van der Waals surface area contributed by atoms with E-state index < -0.39 is 35.3 Å². The number of methoxy groups -OCH3 is 1. The maximum Gasteiger partial charge on any atom is 0.325 e. The number of carbonyl (C=O) groups excluding carboxylic acids is 3. The van der Waals surface area contributed by atoms with Gasteiger partial charge in [-0.25, -0.2) is 4.98 Å². The minimum atomic E-state index is -1.41. The van der Waals surface area contributed by atoms with Crippen LogP contribution in [0.2, 0.25) is 5.15 Å². The Bertz CT molecular complexity index is 1590. The van der Waals surface area contributed by atoms with Crippen molar-refractivity contribution < 1.29 is 28.8 Å². The lowest BCUT2D eigenvalue weighted by Gasteiger charge is -2.32. The number of ether oxygens (including phenoxy) is 2. The zero-order valence-corrected chi connectivity index (χ0v) is 22.8. The fourth-order valence-corrected chi connectivity index (χ4v) is 4.41. The lowest BCUT2D eigenvalue weighted by atomic mass is 10.0. The second-order valence-electron chi connectivity index (χ2n) is 8.66. The Kier molecular flexibility index (Phi) is 9.10. The predicted molar refractivity (Wildman–Crippen MR) is 152 cm³/mol. The van der Waals surface area contributed by atoms with E-state index in [1.54, 1.807) is 61.5 Å². The number of fused-ring (bicyclic) bond motifs is 1. The van der Waals surface area contributed by atoms with Crippen LogP contribution in [-0.4, -0.2) is 48.0 Å². The molecule has 0 aliphatic carbocycles. The maximum atomic E-state index is 14.1. The predicted octanol–water partition coefficient (Wildman–Crippen LogP) is 4.87. The van der Waals surface area contributed by atoms with Crippen LogP contribution in [0.25, 0.3) is 10.9 Å². The number of nitrogens with one attached hydrogen (secondary N) is 1. The average Bonchev–Trinajstić information content (AvgIpc) is 2.98. The Hall–Kier alpha value is -5.03. The van der Waals surface area contributed by atoms with Crippen LogP contribution in [-0.2, 0) is 14.3 Å². The molecule has 1 heterocycles. The highest BCUT2D eigenvalue weighted by Gasteiger charge is 2.36. The van der Waals surface area contributed by atoms with Gasteiger partial charge in [0.1, 0.15) is 23.5 Å². The molecule has 3 aromatic carbocycles. The number of nitrogens with zero attached hydrogens (tertiary/aromatic N) is 3. The first kappa shape index (κ1) is 29.0. The van der Waals surface area contributed by atoms with Crippen molar-refractivity contribution in [2.45, 2.75) is 13.0 Å². The van der Waals surface area contributed by atoms with Crippen LogP contribution in [0.4, 0.5) is 11.4 Å². The van der Waals surface area contributed by atoms with E-state index in [4.69, 9.17) is 21.1 Å². The fourth-order valence-electron chi connectivity index (χ4n) is 4.16. The van der Waals surface area contributed by atoms with E-state index in [0.717, 1.165) is 0 Å². The van der Waals surface area contributed by atoms with Crippen molar-refractivity contribution in [3.8, 4) is 5.75 Å². The summed E-state index contributed by atoms with van der Waals surface area (Å²) in [6, 6.07) is 18.7. The second kappa shape index (κ2) is 12.9. The number of benzene rings is 3. The Morgan fingerprint density at radius 3 is 2.37 bits per heavy atom. The van der Waals surface area contributed by atoms with E-state index in [2.05, 4.69) is 10.3 Å². The monoisotopic (exact) mass is 576 g/mol. The lowest BCUT2D eigenvalue weighted by molar-refractivity contribution is -0.384. The van der Waals surface area contributed by atoms with Gasteiger partial charge in [0, 0.05) is 34.3 Å². The summed E-state index contributed by atoms with van der Waals surface area (Å²) in [6.07, 6.45) is 0. The van der Waals surface area contributed by atoms with E-state index in [0.29, 0.717) is 16.7 Å². The van der Waals surface area contributed by atoms with Gasteiger partial charge in [-0.05, 0) is 55.5 Å². The van der Waals surface area contributed by atoms with E-state index in [1.807, 2.05) is 0 Å². The molecule has 1 atom stereocenters. The molecule has 4 aromatic rings. The minimum Gasteiger partial charge on any atom is -0.497 e. The van der Waals surface area contributed by atoms with Gasteiger partial charge in [0.2, 0.25) is 5.91 Å². The summed E-state index contributed by atoms with van der Waals surface area (Å²) >= 11 is 6.62. The molecule has 0 saturated carbocycles. The van der Waals surface area contributed by atoms with Crippen LogP contribution in [0, 0.1) is 10.1 Å². The molecule has 1 N–H and O–H groups in total. The number of non-ortho nitro benzene ring substituents is 1. The number of para-hydroxylation sites is 1. The van der Waals surface area contributed by atoms with Crippen molar-refractivity contribution in [2.75, 3.05) is 25.2 Å². The summed E-state index contributed by atoms with van der Waals surface area (Å²) < 4.78 is 10.2. The summed E-state index contributed by atoms with van der Waals surface area (Å²) in [6.45, 7) is 1.30. The van der Waals surface area contributed by atoms with Gasteiger partial charge in [-0.2, -0.15) is 0 Å². The molecule has 0 radical (unpaired) electrons. The minimum absolute atomic E-state index is 0.0324. The summed E-state index contributed by atoms with van der Waals surface area (Å²) in [4.78, 5) is 56.3. The normalized spacial score (nSPS) is 11.4. The fraction of sp³-hybridized carbons (Fsp3) is 0.172. The Morgan fingerprint density at radius 2 is 1.73 bits per heavy atom. The summed E-state index contributed by atoms with van der Waals surface area (Å²) in [5.74, 6) is -1.56. The van der Waals surface area contributed by atoms with Gasteiger partial charge < -0.3 is 14.8 Å². The van der Waals surface area contributed by atoms with Crippen molar-refractivity contribution in [1.29, 1.82) is 0 Å². The molecule has 0 saturated heterocycles. The van der Waals surface area contributed by atoms with Crippen molar-refractivity contribution in [1.82, 2.24) is 10.3 Å². The lowest BCUT2D eigenvalue weighted by Crippen LogP contribution is -2.45. The van der Waals surface area contributed by atoms with Crippen LogP contribution in [0.15, 0.2) is 78.9 Å². The third-order valence-corrected chi connectivity index (χ3v) is 6.42. The van der Waals surface area contributed by atoms with Gasteiger partial charge in [-0.1, -0.05) is 29.8 Å². The van der Waals surface area contributed by atoms with E-state index in [-0.39, 0.29) is 34.3 Å². The van der Waals surface area contributed by atoms with Crippen LogP contribution in [0.1, 0.15) is 28.9 Å². The van der Waals surface area contributed by atoms with Gasteiger partial charge in [0.25, 0.3) is 11.6 Å². The van der Waals surface area contributed by atoms with Crippen molar-refractivity contribution >= 4 is 51.7 Å². The van der Waals surface area contributed by atoms with Gasteiger partial charge in [0.05, 0.1) is 24.2 Å². The number of halogens is 1. The summed E-state index contributed by atoms with van der Waals surface area (Å²) in [5, 5.41) is 14.3. The Morgan fingerprint density at radius 1 is 1.05 bits per heavy atom. The average molecular weight is 577 g/mol. The van der Waals surface area contributed by atoms with Gasteiger partial charge >= 0.3 is 5.97 Å². The number of aromatic nitrogens is 1. The molecule has 0 fully saturated rings.